The number of carbonyl (C=O) groups is 3. The second kappa shape index (κ2) is 56.4. The summed E-state index contributed by atoms with van der Waals surface area (Å²) in [6.45, 7) is 6.40. The van der Waals surface area contributed by atoms with Crippen molar-refractivity contribution in [2.75, 3.05) is 13.2 Å². The predicted octanol–water partition coefficient (Wildman–Crippen LogP) is 18.9. The Labute approximate surface area is 424 Å². The number of hydrogen-bond acceptors (Lipinski definition) is 6. The molecule has 0 aliphatic rings. The van der Waals surface area contributed by atoms with E-state index in [-0.39, 0.29) is 37.5 Å². The van der Waals surface area contributed by atoms with Crippen LogP contribution in [-0.4, -0.2) is 37.2 Å². The molecule has 0 spiro atoms. The predicted molar refractivity (Wildman–Crippen MR) is 297 cm³/mol. The molecule has 390 valence electrons. The molecule has 0 fully saturated rings. The average molecular weight is 956 g/mol. The van der Waals surface area contributed by atoms with Crippen LogP contribution in [0.15, 0.2) is 122 Å². The Hall–Kier alpha value is -4.19. The van der Waals surface area contributed by atoms with Gasteiger partial charge in [-0.2, -0.15) is 0 Å². The van der Waals surface area contributed by atoms with E-state index in [2.05, 4.69) is 142 Å². The van der Waals surface area contributed by atoms with Crippen LogP contribution in [0, 0.1) is 0 Å². The summed E-state index contributed by atoms with van der Waals surface area (Å²) in [5.74, 6) is -1.02. The van der Waals surface area contributed by atoms with E-state index in [0.29, 0.717) is 19.3 Å². The van der Waals surface area contributed by atoms with E-state index < -0.39 is 6.10 Å². The monoisotopic (exact) mass is 955 g/mol. The summed E-state index contributed by atoms with van der Waals surface area (Å²) >= 11 is 0. The molecule has 1 atom stereocenters. The smallest absolute Gasteiger partial charge is 0.306 e. The van der Waals surface area contributed by atoms with Crippen molar-refractivity contribution in [3.05, 3.63) is 122 Å². The summed E-state index contributed by atoms with van der Waals surface area (Å²) in [6, 6.07) is 0. The van der Waals surface area contributed by atoms with Gasteiger partial charge in [0.05, 0.1) is 0 Å². The summed E-state index contributed by atoms with van der Waals surface area (Å²) in [7, 11) is 0. The maximum Gasteiger partial charge on any atom is 0.306 e. The van der Waals surface area contributed by atoms with Crippen LogP contribution in [-0.2, 0) is 28.6 Å². The number of rotatable bonds is 49. The summed E-state index contributed by atoms with van der Waals surface area (Å²) in [5.41, 5.74) is 0. The Bertz CT molecular complexity index is 1470. The van der Waals surface area contributed by atoms with E-state index in [4.69, 9.17) is 14.2 Å². The largest absolute Gasteiger partial charge is 0.462 e. The van der Waals surface area contributed by atoms with Gasteiger partial charge in [-0.25, -0.2) is 0 Å². The highest BCUT2D eigenvalue weighted by atomic mass is 16.6. The third kappa shape index (κ3) is 54.6. The van der Waals surface area contributed by atoms with Crippen LogP contribution in [0.3, 0.4) is 0 Å². The zero-order valence-electron chi connectivity index (χ0n) is 44.5. The number of carbonyl (C=O) groups excluding carboxylic acids is 3. The van der Waals surface area contributed by atoms with E-state index in [1.54, 1.807) is 0 Å². The van der Waals surface area contributed by atoms with Gasteiger partial charge in [0, 0.05) is 19.3 Å². The molecule has 0 radical (unpaired) electrons. The molecule has 0 bridgehead atoms. The van der Waals surface area contributed by atoms with E-state index >= 15 is 0 Å². The molecule has 0 saturated heterocycles. The minimum absolute atomic E-state index is 0.118. The molecule has 0 rings (SSSR count). The number of allylic oxidation sites excluding steroid dienone is 20. The zero-order chi connectivity index (χ0) is 50.0. The molecule has 0 saturated carbocycles. The molecule has 0 aromatic rings. The van der Waals surface area contributed by atoms with E-state index in [1.165, 1.54) is 77.0 Å². The summed E-state index contributed by atoms with van der Waals surface area (Å²) in [6.07, 6.45) is 77.6. The summed E-state index contributed by atoms with van der Waals surface area (Å²) in [5, 5.41) is 0. The molecule has 69 heavy (non-hydrogen) atoms. The van der Waals surface area contributed by atoms with E-state index in [9.17, 15) is 14.4 Å². The van der Waals surface area contributed by atoms with Crippen LogP contribution in [0.1, 0.15) is 239 Å². The van der Waals surface area contributed by atoms with Gasteiger partial charge in [0.1, 0.15) is 13.2 Å². The minimum Gasteiger partial charge on any atom is -0.462 e. The van der Waals surface area contributed by atoms with E-state index in [0.717, 1.165) is 116 Å². The van der Waals surface area contributed by atoms with Crippen molar-refractivity contribution in [1.82, 2.24) is 0 Å². The van der Waals surface area contributed by atoms with Crippen molar-refractivity contribution in [1.29, 1.82) is 0 Å². The molecule has 0 unspecified atom stereocenters. The number of hydrogen-bond donors (Lipinski definition) is 0. The quantitative estimate of drug-likeness (QED) is 0.0262. The van der Waals surface area contributed by atoms with Gasteiger partial charge in [-0.05, 0) is 128 Å². The van der Waals surface area contributed by atoms with Crippen LogP contribution in [0.5, 0.6) is 0 Å². The van der Waals surface area contributed by atoms with Crippen molar-refractivity contribution in [3.8, 4) is 0 Å². The lowest BCUT2D eigenvalue weighted by Crippen LogP contribution is -2.30. The first-order chi connectivity index (χ1) is 34.0. The van der Waals surface area contributed by atoms with Crippen molar-refractivity contribution in [2.24, 2.45) is 0 Å². The Morgan fingerprint density at radius 2 is 0.580 bits per heavy atom. The number of esters is 3. The van der Waals surface area contributed by atoms with E-state index in [1.807, 2.05) is 0 Å². The molecule has 0 aromatic carbocycles. The fourth-order valence-electron chi connectivity index (χ4n) is 7.22. The SMILES string of the molecule is CC/C=C\C/C=C\C/C=C\C/C=C\C/C=C\CCCCCC(=O)OC[C@H](COC(=O)CCCCCCC/C=C\CCCCCCCC)OC(=O)CCC/C=C\C/C=C\C/C=C\C/C=C\CCCCC. The van der Waals surface area contributed by atoms with Gasteiger partial charge >= 0.3 is 17.9 Å². The summed E-state index contributed by atoms with van der Waals surface area (Å²) < 4.78 is 16.8. The number of ether oxygens (including phenoxy) is 3. The van der Waals surface area contributed by atoms with Gasteiger partial charge in [-0.3, -0.25) is 14.4 Å². The Morgan fingerprint density at radius 3 is 0.986 bits per heavy atom. The minimum atomic E-state index is -0.827. The van der Waals surface area contributed by atoms with Gasteiger partial charge < -0.3 is 14.2 Å². The topological polar surface area (TPSA) is 78.9 Å². The standard InChI is InChI=1S/C63H102O6/c1-4-7-10-13-16-19-22-25-28-30-31-33-35-38-41-44-47-50-53-56-62(65)68-59-60(58-67-61(64)55-52-49-46-43-40-37-34-27-24-21-18-15-12-9-6-3)69-63(66)57-54-51-48-45-42-39-36-32-29-26-23-20-17-14-11-8-5-2/h7,10,16-17,19-20,25-29,31,33-34,36,38-39,41,45,48,60H,4-6,8-9,11-15,18,21-24,30,32,35,37,40,42-44,46-47,49-59H2,1-3H3/b10-7-,19-16-,20-17-,28-25-,29-26-,33-31-,34-27-,39-36-,41-38-,48-45-/t60-/m0/s1. The van der Waals surface area contributed by atoms with Crippen LogP contribution in [0.25, 0.3) is 0 Å². The second-order valence-corrected chi connectivity index (χ2v) is 18.1. The lowest BCUT2D eigenvalue weighted by Gasteiger charge is -2.18. The first-order valence-electron chi connectivity index (χ1n) is 28.0. The molecule has 0 aliphatic carbocycles. The van der Waals surface area contributed by atoms with Gasteiger partial charge in [-0.1, -0.05) is 213 Å². The molecule has 6 heteroatoms. The molecule has 0 heterocycles. The van der Waals surface area contributed by atoms with Crippen LogP contribution in [0.4, 0.5) is 0 Å². The maximum atomic E-state index is 12.8. The third-order valence-corrected chi connectivity index (χ3v) is 11.4. The van der Waals surface area contributed by atoms with Gasteiger partial charge in [0.15, 0.2) is 6.10 Å². The van der Waals surface area contributed by atoms with Gasteiger partial charge in [-0.15, -0.1) is 0 Å². The van der Waals surface area contributed by atoms with Crippen LogP contribution in [0.2, 0.25) is 0 Å². The average Bonchev–Trinajstić information content (AvgIpc) is 3.35. The molecule has 0 aromatic heterocycles. The van der Waals surface area contributed by atoms with Crippen LogP contribution >= 0.6 is 0 Å². The number of unbranched alkanes of at least 4 members (excludes halogenated alkanes) is 18. The first kappa shape index (κ1) is 64.8. The molecule has 6 nitrogen and oxygen atoms in total. The second-order valence-electron chi connectivity index (χ2n) is 18.1. The molecular weight excluding hydrogens is 853 g/mol. The zero-order valence-corrected chi connectivity index (χ0v) is 44.5. The molecule has 0 aliphatic heterocycles. The lowest BCUT2D eigenvalue weighted by molar-refractivity contribution is -0.167. The Morgan fingerprint density at radius 1 is 0.304 bits per heavy atom. The van der Waals surface area contributed by atoms with Crippen molar-refractivity contribution in [2.45, 2.75) is 245 Å². The van der Waals surface area contributed by atoms with Gasteiger partial charge in [0.2, 0.25) is 0 Å². The van der Waals surface area contributed by atoms with Crippen molar-refractivity contribution < 1.29 is 28.6 Å². The molecular formula is C63H102O6. The lowest BCUT2D eigenvalue weighted by atomic mass is 10.1. The third-order valence-electron chi connectivity index (χ3n) is 11.4. The van der Waals surface area contributed by atoms with Gasteiger partial charge in [0.25, 0.3) is 0 Å². The molecule has 0 N–H and O–H groups in total. The maximum absolute atomic E-state index is 12.8. The fourth-order valence-corrected chi connectivity index (χ4v) is 7.22. The summed E-state index contributed by atoms with van der Waals surface area (Å²) in [4.78, 5) is 38.1. The highest BCUT2D eigenvalue weighted by Crippen LogP contribution is 2.12. The Balaban J connectivity index is 4.57. The van der Waals surface area contributed by atoms with Crippen LogP contribution < -0.4 is 0 Å². The highest BCUT2D eigenvalue weighted by molar-refractivity contribution is 5.71. The molecule has 0 amide bonds. The highest BCUT2D eigenvalue weighted by Gasteiger charge is 2.19. The normalized spacial score (nSPS) is 13.0. The fraction of sp³-hybridized carbons (Fsp3) is 0.635. The Kier molecular flexibility index (Phi) is 53.0. The van der Waals surface area contributed by atoms with Crippen molar-refractivity contribution in [3.63, 3.8) is 0 Å². The first-order valence-corrected chi connectivity index (χ1v) is 28.0. The van der Waals surface area contributed by atoms with Crippen molar-refractivity contribution >= 4 is 17.9 Å².